The Bertz CT molecular complexity index is 866. The molecule has 0 saturated carbocycles. The zero-order valence-corrected chi connectivity index (χ0v) is 14.8. The number of hydrogen-bond acceptors (Lipinski definition) is 5. The van der Waals surface area contributed by atoms with Gasteiger partial charge in [0, 0.05) is 17.7 Å². The summed E-state index contributed by atoms with van der Waals surface area (Å²) in [5.74, 6) is -0.0375. The molecule has 0 aliphatic rings. The van der Waals surface area contributed by atoms with Gasteiger partial charge >= 0.3 is 5.97 Å². The molecule has 0 amide bonds. The molecule has 1 atom stereocenters. The molecule has 0 N–H and O–H groups in total. The van der Waals surface area contributed by atoms with Gasteiger partial charge in [-0.15, -0.1) is 0 Å². The lowest BCUT2D eigenvalue weighted by Gasteiger charge is -2.16. The summed E-state index contributed by atoms with van der Waals surface area (Å²) in [6, 6.07) is 13.4. The number of carbonyl (C=O) groups excluding carboxylic acids is 1. The number of carbonyl (C=O) groups is 1. The van der Waals surface area contributed by atoms with Crippen LogP contribution in [0.2, 0.25) is 0 Å². The van der Waals surface area contributed by atoms with Gasteiger partial charge in [0.05, 0.1) is 4.92 Å². The Balaban J connectivity index is 1.99. The smallest absolute Gasteiger partial charge is 0.336 e. The Morgan fingerprint density at radius 2 is 1.59 bits per heavy atom. The second-order valence-corrected chi connectivity index (χ2v) is 5.66. The first-order valence-corrected chi connectivity index (χ1v) is 8.07. The highest BCUT2D eigenvalue weighted by Gasteiger charge is 2.12. The molecule has 0 aliphatic heterocycles. The standard InChI is InChI=1S/C21H19NO5/c1-4-20(27-21(23)15(2)3)26-19-13-9-17(10-14-19)6-5-16-7-11-18(12-8-16)22(24)25/h4-14,20H,1-2H2,3H3. The van der Waals surface area contributed by atoms with Crippen molar-refractivity contribution < 1.29 is 19.2 Å². The second-order valence-electron chi connectivity index (χ2n) is 5.66. The van der Waals surface area contributed by atoms with Crippen molar-refractivity contribution in [2.24, 2.45) is 0 Å². The van der Waals surface area contributed by atoms with Crippen LogP contribution in [-0.4, -0.2) is 17.2 Å². The van der Waals surface area contributed by atoms with Gasteiger partial charge in [0.2, 0.25) is 0 Å². The Hall–Kier alpha value is -3.67. The van der Waals surface area contributed by atoms with Crippen LogP contribution >= 0.6 is 0 Å². The number of nitro groups is 1. The van der Waals surface area contributed by atoms with Crippen LogP contribution in [0.4, 0.5) is 5.69 Å². The number of ether oxygens (including phenoxy) is 2. The summed E-state index contributed by atoms with van der Waals surface area (Å²) in [4.78, 5) is 21.8. The van der Waals surface area contributed by atoms with E-state index in [4.69, 9.17) is 9.47 Å². The Morgan fingerprint density at radius 1 is 1.07 bits per heavy atom. The minimum Gasteiger partial charge on any atom is -0.451 e. The summed E-state index contributed by atoms with van der Waals surface area (Å²) in [7, 11) is 0. The Kier molecular flexibility index (Phi) is 6.66. The highest BCUT2D eigenvalue weighted by molar-refractivity contribution is 5.87. The largest absolute Gasteiger partial charge is 0.451 e. The third kappa shape index (κ3) is 5.97. The summed E-state index contributed by atoms with van der Waals surface area (Å²) in [5, 5.41) is 10.7. The normalized spacial score (nSPS) is 11.6. The Labute approximate surface area is 157 Å². The summed E-state index contributed by atoms with van der Waals surface area (Å²) in [5.41, 5.74) is 2.09. The SMILES string of the molecule is C=CC(OC(=O)C(=C)C)Oc1ccc(C=Cc2ccc([N+](=O)[O-])cc2)cc1. The fraction of sp³-hybridized carbons (Fsp3) is 0.0952. The number of hydrogen-bond donors (Lipinski definition) is 0. The molecule has 6 heteroatoms. The van der Waals surface area contributed by atoms with Crippen molar-refractivity contribution in [1.29, 1.82) is 0 Å². The van der Waals surface area contributed by atoms with Crippen LogP contribution in [0, 0.1) is 10.1 Å². The number of benzene rings is 2. The predicted octanol–water partition coefficient (Wildman–Crippen LogP) is 4.78. The maximum atomic E-state index is 11.5. The number of esters is 1. The monoisotopic (exact) mass is 365 g/mol. The van der Waals surface area contributed by atoms with Crippen molar-refractivity contribution in [1.82, 2.24) is 0 Å². The van der Waals surface area contributed by atoms with Gasteiger partial charge in [-0.3, -0.25) is 10.1 Å². The molecule has 1 unspecified atom stereocenters. The second kappa shape index (κ2) is 9.15. The zero-order chi connectivity index (χ0) is 19.8. The lowest BCUT2D eigenvalue weighted by atomic mass is 10.1. The van der Waals surface area contributed by atoms with Crippen molar-refractivity contribution >= 4 is 23.8 Å². The number of non-ortho nitro benzene ring substituents is 1. The summed E-state index contributed by atoms with van der Waals surface area (Å²) >= 11 is 0. The van der Waals surface area contributed by atoms with E-state index in [1.807, 2.05) is 24.3 Å². The highest BCUT2D eigenvalue weighted by Crippen LogP contribution is 2.18. The average molecular weight is 365 g/mol. The highest BCUT2D eigenvalue weighted by atomic mass is 16.7. The fourth-order valence-electron chi connectivity index (χ4n) is 2.02. The molecular weight excluding hydrogens is 346 g/mol. The molecule has 0 fully saturated rings. The topological polar surface area (TPSA) is 78.7 Å². The maximum absolute atomic E-state index is 11.5. The van der Waals surface area contributed by atoms with E-state index in [0.717, 1.165) is 11.1 Å². The maximum Gasteiger partial charge on any atom is 0.336 e. The van der Waals surface area contributed by atoms with E-state index in [9.17, 15) is 14.9 Å². The van der Waals surface area contributed by atoms with E-state index in [1.165, 1.54) is 18.2 Å². The molecule has 0 aromatic heterocycles. The molecule has 0 aliphatic carbocycles. The first kappa shape index (κ1) is 19.7. The van der Waals surface area contributed by atoms with E-state index in [2.05, 4.69) is 13.2 Å². The molecule has 0 heterocycles. The molecule has 138 valence electrons. The Morgan fingerprint density at radius 3 is 2.04 bits per heavy atom. The van der Waals surface area contributed by atoms with Gasteiger partial charge in [0.15, 0.2) is 0 Å². The van der Waals surface area contributed by atoms with E-state index >= 15 is 0 Å². The van der Waals surface area contributed by atoms with Gasteiger partial charge in [-0.2, -0.15) is 0 Å². The third-order valence-electron chi connectivity index (χ3n) is 3.47. The summed E-state index contributed by atoms with van der Waals surface area (Å²) < 4.78 is 10.6. The van der Waals surface area contributed by atoms with Gasteiger partial charge in [-0.1, -0.05) is 37.4 Å². The van der Waals surface area contributed by atoms with Crippen molar-refractivity contribution in [3.8, 4) is 5.75 Å². The van der Waals surface area contributed by atoms with Crippen LogP contribution in [-0.2, 0) is 9.53 Å². The summed E-state index contributed by atoms with van der Waals surface area (Å²) in [6.07, 6.45) is 4.19. The fourth-order valence-corrected chi connectivity index (χ4v) is 2.02. The average Bonchev–Trinajstić information content (AvgIpc) is 2.67. The van der Waals surface area contributed by atoms with Crippen molar-refractivity contribution in [3.63, 3.8) is 0 Å². The van der Waals surface area contributed by atoms with Crippen molar-refractivity contribution in [3.05, 3.63) is 94.6 Å². The quantitative estimate of drug-likeness (QED) is 0.128. The van der Waals surface area contributed by atoms with Crippen LogP contribution in [0.1, 0.15) is 18.1 Å². The molecule has 0 spiro atoms. The number of rotatable bonds is 8. The number of nitrogens with zero attached hydrogens (tertiary/aromatic N) is 1. The number of nitro benzene ring substituents is 1. The van der Waals surface area contributed by atoms with Gasteiger partial charge in [-0.25, -0.2) is 4.79 Å². The molecule has 6 nitrogen and oxygen atoms in total. The molecule has 27 heavy (non-hydrogen) atoms. The zero-order valence-electron chi connectivity index (χ0n) is 14.8. The molecular formula is C21H19NO5. The third-order valence-corrected chi connectivity index (χ3v) is 3.47. The molecule has 2 aromatic carbocycles. The van der Waals surface area contributed by atoms with Gasteiger partial charge in [0.1, 0.15) is 5.75 Å². The first-order valence-electron chi connectivity index (χ1n) is 8.07. The van der Waals surface area contributed by atoms with Crippen molar-refractivity contribution in [2.45, 2.75) is 13.2 Å². The molecule has 0 bridgehead atoms. The first-order chi connectivity index (χ1) is 12.9. The van der Waals surface area contributed by atoms with Gasteiger partial charge in [0.25, 0.3) is 12.0 Å². The summed E-state index contributed by atoms with van der Waals surface area (Å²) in [6.45, 7) is 8.65. The van der Waals surface area contributed by atoms with Crippen LogP contribution in [0.5, 0.6) is 5.75 Å². The molecule has 2 rings (SSSR count). The van der Waals surface area contributed by atoms with E-state index < -0.39 is 17.2 Å². The van der Waals surface area contributed by atoms with Gasteiger partial charge < -0.3 is 9.47 Å². The lowest BCUT2D eigenvalue weighted by molar-refractivity contribution is -0.384. The van der Waals surface area contributed by atoms with Crippen LogP contribution < -0.4 is 4.74 Å². The van der Waals surface area contributed by atoms with Crippen molar-refractivity contribution in [2.75, 3.05) is 0 Å². The van der Waals surface area contributed by atoms with E-state index in [0.29, 0.717) is 5.75 Å². The van der Waals surface area contributed by atoms with Gasteiger partial charge in [-0.05, 0) is 48.4 Å². The minimum atomic E-state index is -0.907. The predicted molar refractivity (Wildman–Crippen MR) is 104 cm³/mol. The minimum absolute atomic E-state index is 0.0535. The molecule has 2 aromatic rings. The van der Waals surface area contributed by atoms with Crippen LogP contribution in [0.3, 0.4) is 0 Å². The van der Waals surface area contributed by atoms with E-state index in [-0.39, 0.29) is 11.3 Å². The lowest BCUT2D eigenvalue weighted by Crippen LogP contribution is -2.22. The molecule has 0 saturated heterocycles. The van der Waals surface area contributed by atoms with Crippen LogP contribution in [0.15, 0.2) is 73.3 Å². The molecule has 0 radical (unpaired) electrons. The van der Waals surface area contributed by atoms with Crippen LogP contribution in [0.25, 0.3) is 12.2 Å². The van der Waals surface area contributed by atoms with E-state index in [1.54, 1.807) is 31.2 Å².